The first-order valence-electron chi connectivity index (χ1n) is 5.54. The molecular weight excluding hydrogens is 174 g/mol. The molecule has 1 saturated heterocycles. The molecule has 0 amide bonds. The molecule has 1 spiro atoms. The van der Waals surface area contributed by atoms with Crippen molar-refractivity contribution in [3.05, 3.63) is 17.5 Å². The molecular formula is C11H17N3. The van der Waals surface area contributed by atoms with Crippen molar-refractivity contribution in [1.82, 2.24) is 15.1 Å². The van der Waals surface area contributed by atoms with Gasteiger partial charge in [-0.05, 0) is 44.3 Å². The van der Waals surface area contributed by atoms with Gasteiger partial charge in [0.15, 0.2) is 0 Å². The number of nitrogens with zero attached hydrogens (tertiary/aromatic N) is 2. The lowest BCUT2D eigenvalue weighted by molar-refractivity contribution is 0.306. The zero-order chi connectivity index (χ0) is 9.60. The van der Waals surface area contributed by atoms with Crippen LogP contribution in [0.25, 0.3) is 0 Å². The molecule has 1 N–H and O–H groups in total. The van der Waals surface area contributed by atoms with Gasteiger partial charge in [-0.25, -0.2) is 0 Å². The van der Waals surface area contributed by atoms with Crippen molar-refractivity contribution in [3.63, 3.8) is 0 Å². The third-order valence-corrected chi connectivity index (χ3v) is 4.03. The first-order valence-corrected chi connectivity index (χ1v) is 5.54. The van der Waals surface area contributed by atoms with E-state index in [0.29, 0.717) is 5.41 Å². The standard InChI is InChI=1S/C11H17N3/c1-14-10-2-3-11(9(10)8-13-14)4-6-12-7-5-11/h8,12H,2-7H2,1H3. The second-order valence-corrected chi connectivity index (χ2v) is 4.66. The zero-order valence-corrected chi connectivity index (χ0v) is 8.71. The maximum Gasteiger partial charge on any atom is 0.0530 e. The summed E-state index contributed by atoms with van der Waals surface area (Å²) in [6.07, 6.45) is 7.27. The molecule has 14 heavy (non-hydrogen) atoms. The summed E-state index contributed by atoms with van der Waals surface area (Å²) in [6.45, 7) is 2.35. The molecule has 1 aliphatic carbocycles. The molecule has 0 unspecified atom stereocenters. The quantitative estimate of drug-likeness (QED) is 0.662. The Morgan fingerprint density at radius 2 is 2.14 bits per heavy atom. The van der Waals surface area contributed by atoms with Crippen molar-refractivity contribution in [2.75, 3.05) is 13.1 Å². The molecule has 76 valence electrons. The van der Waals surface area contributed by atoms with E-state index in [9.17, 15) is 0 Å². The van der Waals surface area contributed by atoms with Crippen LogP contribution in [0.2, 0.25) is 0 Å². The number of hydrogen-bond donors (Lipinski definition) is 1. The third kappa shape index (κ3) is 0.989. The average molecular weight is 191 g/mol. The highest BCUT2D eigenvalue weighted by atomic mass is 15.3. The predicted molar refractivity (Wildman–Crippen MR) is 55.3 cm³/mol. The number of piperidine rings is 1. The number of rotatable bonds is 0. The summed E-state index contributed by atoms with van der Waals surface area (Å²) in [7, 11) is 2.07. The van der Waals surface area contributed by atoms with Crippen LogP contribution in [-0.4, -0.2) is 22.9 Å². The number of nitrogens with one attached hydrogen (secondary N) is 1. The van der Waals surface area contributed by atoms with Gasteiger partial charge < -0.3 is 5.32 Å². The minimum absolute atomic E-state index is 0.481. The van der Waals surface area contributed by atoms with Crippen LogP contribution in [0.3, 0.4) is 0 Å². The summed E-state index contributed by atoms with van der Waals surface area (Å²) in [4.78, 5) is 0. The Balaban J connectivity index is 2.03. The van der Waals surface area contributed by atoms with Gasteiger partial charge in [-0.3, -0.25) is 4.68 Å². The molecule has 1 aromatic heterocycles. The van der Waals surface area contributed by atoms with E-state index in [1.807, 2.05) is 0 Å². The molecule has 0 bridgehead atoms. The van der Waals surface area contributed by atoms with Crippen LogP contribution < -0.4 is 5.32 Å². The van der Waals surface area contributed by atoms with Gasteiger partial charge >= 0.3 is 0 Å². The van der Waals surface area contributed by atoms with E-state index in [1.165, 1.54) is 44.5 Å². The topological polar surface area (TPSA) is 29.9 Å². The normalized spacial score (nSPS) is 24.1. The highest BCUT2D eigenvalue weighted by molar-refractivity contribution is 5.34. The Hall–Kier alpha value is -0.830. The lowest BCUT2D eigenvalue weighted by Crippen LogP contribution is -2.38. The van der Waals surface area contributed by atoms with Crippen LogP contribution in [0, 0.1) is 0 Å². The van der Waals surface area contributed by atoms with E-state index in [4.69, 9.17) is 0 Å². The predicted octanol–water partition coefficient (Wildman–Crippen LogP) is 0.987. The molecule has 1 aromatic rings. The fourth-order valence-electron chi connectivity index (χ4n) is 3.12. The zero-order valence-electron chi connectivity index (χ0n) is 8.71. The Kier molecular flexibility index (Phi) is 1.71. The average Bonchev–Trinajstić information content (AvgIpc) is 2.73. The molecule has 3 rings (SSSR count). The highest BCUT2D eigenvalue weighted by Crippen LogP contribution is 2.44. The van der Waals surface area contributed by atoms with Gasteiger partial charge in [-0.2, -0.15) is 5.10 Å². The number of aromatic nitrogens is 2. The van der Waals surface area contributed by atoms with Gasteiger partial charge in [0.1, 0.15) is 0 Å². The summed E-state index contributed by atoms with van der Waals surface area (Å²) in [5.74, 6) is 0. The van der Waals surface area contributed by atoms with E-state index in [1.54, 1.807) is 5.56 Å². The van der Waals surface area contributed by atoms with Crippen LogP contribution in [0.1, 0.15) is 30.5 Å². The van der Waals surface area contributed by atoms with Gasteiger partial charge in [-0.1, -0.05) is 0 Å². The SMILES string of the molecule is Cn1ncc2c1CCC21CCNCC1. The highest BCUT2D eigenvalue weighted by Gasteiger charge is 2.41. The lowest BCUT2D eigenvalue weighted by atomic mass is 9.75. The molecule has 3 nitrogen and oxygen atoms in total. The van der Waals surface area contributed by atoms with Crippen molar-refractivity contribution >= 4 is 0 Å². The van der Waals surface area contributed by atoms with Gasteiger partial charge in [-0.15, -0.1) is 0 Å². The first kappa shape index (κ1) is 8.48. The molecule has 0 radical (unpaired) electrons. The second-order valence-electron chi connectivity index (χ2n) is 4.66. The molecule has 0 aromatic carbocycles. The summed E-state index contributed by atoms with van der Waals surface area (Å²) < 4.78 is 2.06. The summed E-state index contributed by atoms with van der Waals surface area (Å²) >= 11 is 0. The fourth-order valence-corrected chi connectivity index (χ4v) is 3.12. The molecule has 1 fully saturated rings. The van der Waals surface area contributed by atoms with Crippen molar-refractivity contribution in [2.24, 2.45) is 7.05 Å². The van der Waals surface area contributed by atoms with Crippen LogP contribution in [0.4, 0.5) is 0 Å². The number of aryl methyl sites for hydroxylation is 1. The number of fused-ring (bicyclic) bond motifs is 2. The number of hydrogen-bond acceptors (Lipinski definition) is 2. The van der Waals surface area contributed by atoms with Crippen molar-refractivity contribution in [1.29, 1.82) is 0 Å². The van der Waals surface area contributed by atoms with E-state index in [-0.39, 0.29) is 0 Å². The van der Waals surface area contributed by atoms with Crippen molar-refractivity contribution in [3.8, 4) is 0 Å². The summed E-state index contributed by atoms with van der Waals surface area (Å²) in [5.41, 5.74) is 3.50. The van der Waals surface area contributed by atoms with Crippen molar-refractivity contribution in [2.45, 2.75) is 31.1 Å². The summed E-state index contributed by atoms with van der Waals surface area (Å²) in [6, 6.07) is 0. The maximum atomic E-state index is 4.38. The third-order valence-electron chi connectivity index (χ3n) is 4.03. The minimum atomic E-state index is 0.481. The van der Waals surface area contributed by atoms with E-state index in [0.717, 1.165) is 0 Å². The molecule has 3 heteroatoms. The van der Waals surface area contributed by atoms with E-state index in [2.05, 4.69) is 28.3 Å². The Labute approximate surface area is 84.5 Å². The summed E-state index contributed by atoms with van der Waals surface area (Å²) in [5, 5.41) is 7.83. The fraction of sp³-hybridized carbons (Fsp3) is 0.727. The van der Waals surface area contributed by atoms with Gasteiger partial charge in [0.25, 0.3) is 0 Å². The molecule has 0 atom stereocenters. The van der Waals surface area contributed by atoms with E-state index >= 15 is 0 Å². The van der Waals surface area contributed by atoms with Crippen LogP contribution in [0.15, 0.2) is 6.20 Å². The van der Waals surface area contributed by atoms with Gasteiger partial charge in [0.05, 0.1) is 6.20 Å². The van der Waals surface area contributed by atoms with Gasteiger partial charge in [0, 0.05) is 18.2 Å². The minimum Gasteiger partial charge on any atom is -0.317 e. The Morgan fingerprint density at radius 1 is 1.36 bits per heavy atom. The van der Waals surface area contributed by atoms with Crippen molar-refractivity contribution < 1.29 is 0 Å². The lowest BCUT2D eigenvalue weighted by Gasteiger charge is -2.33. The van der Waals surface area contributed by atoms with Gasteiger partial charge in [0.2, 0.25) is 0 Å². The van der Waals surface area contributed by atoms with Crippen LogP contribution >= 0.6 is 0 Å². The molecule has 2 heterocycles. The smallest absolute Gasteiger partial charge is 0.0530 e. The second kappa shape index (κ2) is 2.83. The van der Waals surface area contributed by atoms with Crippen LogP contribution in [-0.2, 0) is 18.9 Å². The Morgan fingerprint density at radius 3 is 2.93 bits per heavy atom. The van der Waals surface area contributed by atoms with E-state index < -0.39 is 0 Å². The maximum absolute atomic E-state index is 4.38. The van der Waals surface area contributed by atoms with Crippen LogP contribution in [0.5, 0.6) is 0 Å². The molecule has 0 saturated carbocycles. The monoisotopic (exact) mass is 191 g/mol. The molecule has 1 aliphatic heterocycles. The first-order chi connectivity index (χ1) is 6.82. The largest absolute Gasteiger partial charge is 0.317 e. The Bertz CT molecular complexity index is 347. The molecule has 2 aliphatic rings.